The maximum Gasteiger partial charge on any atom is 0.378 e. The van der Waals surface area contributed by atoms with E-state index in [1.54, 1.807) is 0 Å². The first kappa shape index (κ1) is 15.4. The molecule has 3 fully saturated rings. The van der Waals surface area contributed by atoms with Crippen LogP contribution in [0.1, 0.15) is 39.5 Å². The first-order chi connectivity index (χ1) is 10.2. The lowest BCUT2D eigenvalue weighted by atomic mass is 9.48. The molecule has 6 heteroatoms. The summed E-state index contributed by atoms with van der Waals surface area (Å²) < 4.78 is 32.7. The number of carbonyl (C=O) groups is 2. The molecule has 0 aliphatic heterocycles. The highest BCUT2D eigenvalue weighted by Crippen LogP contribution is 2.63. The molecule has 3 saturated carbocycles. The number of hydrogen-bond donors (Lipinski definition) is 1. The predicted molar refractivity (Wildman–Crippen MR) is 73.3 cm³/mol. The first-order valence-corrected chi connectivity index (χ1v) is 7.69. The SMILES string of the molecule is CC(C)C(OC(=O)C12CC=C3C(CC3C1)C2)C(F)(F)C(=O)O. The fourth-order valence-electron chi connectivity index (χ4n) is 4.27. The third-order valence-corrected chi connectivity index (χ3v) is 5.43. The summed E-state index contributed by atoms with van der Waals surface area (Å²) in [7, 11) is 0. The van der Waals surface area contributed by atoms with Crippen LogP contribution in [0.3, 0.4) is 0 Å². The van der Waals surface area contributed by atoms with Gasteiger partial charge in [0.25, 0.3) is 0 Å². The fourth-order valence-corrected chi connectivity index (χ4v) is 4.27. The largest absolute Gasteiger partial charge is 0.477 e. The second kappa shape index (κ2) is 4.77. The van der Waals surface area contributed by atoms with Gasteiger partial charge in [-0.25, -0.2) is 4.79 Å². The zero-order valence-corrected chi connectivity index (χ0v) is 12.6. The van der Waals surface area contributed by atoms with Crippen molar-refractivity contribution >= 4 is 11.9 Å². The van der Waals surface area contributed by atoms with Crippen LogP contribution >= 0.6 is 0 Å². The van der Waals surface area contributed by atoms with E-state index in [0.29, 0.717) is 31.1 Å². The molecule has 0 heterocycles. The monoisotopic (exact) mass is 314 g/mol. The number of rotatable bonds is 5. The lowest BCUT2D eigenvalue weighted by Crippen LogP contribution is -2.54. The summed E-state index contributed by atoms with van der Waals surface area (Å²) >= 11 is 0. The Kier molecular flexibility index (Phi) is 3.34. The number of carboxylic acid groups (broad SMARTS) is 1. The number of halogens is 2. The predicted octanol–water partition coefficient (Wildman–Crippen LogP) is 3.02. The van der Waals surface area contributed by atoms with E-state index in [9.17, 15) is 18.4 Å². The van der Waals surface area contributed by atoms with Crippen LogP contribution in [0.25, 0.3) is 0 Å². The lowest BCUT2D eigenvalue weighted by molar-refractivity contribution is -0.207. The van der Waals surface area contributed by atoms with Crippen LogP contribution in [0.4, 0.5) is 8.78 Å². The molecule has 4 bridgehead atoms. The van der Waals surface area contributed by atoms with Gasteiger partial charge in [-0.15, -0.1) is 0 Å². The van der Waals surface area contributed by atoms with Crippen molar-refractivity contribution in [3.8, 4) is 0 Å². The number of esters is 1. The Labute approximate surface area is 127 Å². The van der Waals surface area contributed by atoms with Gasteiger partial charge in [-0.2, -0.15) is 8.78 Å². The minimum Gasteiger partial charge on any atom is -0.477 e. The van der Waals surface area contributed by atoms with Gasteiger partial charge in [0.2, 0.25) is 0 Å². The van der Waals surface area contributed by atoms with Crippen molar-refractivity contribution in [1.29, 1.82) is 0 Å². The summed E-state index contributed by atoms with van der Waals surface area (Å²) in [5.41, 5.74) is 0.683. The molecule has 1 N–H and O–H groups in total. The van der Waals surface area contributed by atoms with Crippen LogP contribution in [0, 0.1) is 23.2 Å². The zero-order chi connectivity index (χ0) is 16.3. The molecule has 22 heavy (non-hydrogen) atoms. The van der Waals surface area contributed by atoms with Crippen LogP contribution < -0.4 is 0 Å². The van der Waals surface area contributed by atoms with E-state index < -0.39 is 35.3 Å². The highest BCUT2D eigenvalue weighted by Gasteiger charge is 2.59. The van der Waals surface area contributed by atoms with Crippen molar-refractivity contribution in [2.75, 3.05) is 0 Å². The summed E-state index contributed by atoms with van der Waals surface area (Å²) in [4.78, 5) is 23.3. The molecule has 5 aliphatic rings. The zero-order valence-electron chi connectivity index (χ0n) is 12.6. The molecule has 0 aromatic carbocycles. The minimum absolute atomic E-state index is 0.387. The number of fused-ring (bicyclic) bond motifs is 1. The highest BCUT2D eigenvalue weighted by atomic mass is 19.3. The molecule has 3 unspecified atom stereocenters. The van der Waals surface area contributed by atoms with Crippen molar-refractivity contribution in [3.63, 3.8) is 0 Å². The molecule has 122 valence electrons. The molecule has 5 aliphatic carbocycles. The Balaban J connectivity index is 1.78. The van der Waals surface area contributed by atoms with E-state index in [-0.39, 0.29) is 0 Å². The summed E-state index contributed by atoms with van der Waals surface area (Å²) in [6, 6.07) is 0. The molecule has 3 atom stereocenters. The van der Waals surface area contributed by atoms with Gasteiger partial charge < -0.3 is 9.84 Å². The summed E-state index contributed by atoms with van der Waals surface area (Å²) in [6.45, 7) is 2.87. The smallest absolute Gasteiger partial charge is 0.378 e. The van der Waals surface area contributed by atoms with Crippen molar-refractivity contribution < 1.29 is 28.2 Å². The lowest BCUT2D eigenvalue weighted by Gasteiger charge is -2.56. The fraction of sp³-hybridized carbons (Fsp3) is 0.750. The van der Waals surface area contributed by atoms with Crippen LogP contribution in [0.2, 0.25) is 0 Å². The topological polar surface area (TPSA) is 63.6 Å². The Morgan fingerprint density at radius 1 is 1.36 bits per heavy atom. The van der Waals surface area contributed by atoms with Gasteiger partial charge in [-0.1, -0.05) is 25.5 Å². The normalized spacial score (nSPS) is 34.0. The quantitative estimate of drug-likeness (QED) is 0.626. The number of aliphatic carboxylic acids is 1. The third kappa shape index (κ3) is 2.07. The Hall–Kier alpha value is -1.46. The molecule has 4 nitrogen and oxygen atoms in total. The van der Waals surface area contributed by atoms with Gasteiger partial charge >= 0.3 is 17.9 Å². The van der Waals surface area contributed by atoms with Crippen LogP contribution in [-0.4, -0.2) is 29.1 Å². The number of carboxylic acids is 1. The van der Waals surface area contributed by atoms with Crippen LogP contribution in [0.5, 0.6) is 0 Å². The molecule has 0 aromatic heterocycles. The molecule has 0 saturated heterocycles. The van der Waals surface area contributed by atoms with Crippen LogP contribution in [0.15, 0.2) is 11.6 Å². The number of hydrogen-bond acceptors (Lipinski definition) is 3. The number of alkyl halides is 2. The van der Waals surface area contributed by atoms with Gasteiger partial charge in [-0.3, -0.25) is 4.79 Å². The Morgan fingerprint density at radius 3 is 2.41 bits per heavy atom. The van der Waals surface area contributed by atoms with E-state index in [1.165, 1.54) is 19.4 Å². The molecular formula is C16H20F2O4. The van der Waals surface area contributed by atoms with Crippen molar-refractivity contribution in [2.24, 2.45) is 23.2 Å². The number of carbonyl (C=O) groups excluding carboxylic acids is 1. The maximum absolute atomic E-state index is 13.8. The van der Waals surface area contributed by atoms with E-state index in [1.807, 2.05) is 6.08 Å². The van der Waals surface area contributed by atoms with Gasteiger partial charge in [0.15, 0.2) is 6.10 Å². The molecule has 0 radical (unpaired) electrons. The van der Waals surface area contributed by atoms with Gasteiger partial charge in [0.05, 0.1) is 5.41 Å². The van der Waals surface area contributed by atoms with E-state index in [2.05, 4.69) is 0 Å². The van der Waals surface area contributed by atoms with E-state index in [0.717, 1.165) is 6.42 Å². The number of ether oxygens (including phenoxy) is 1. The highest BCUT2D eigenvalue weighted by molar-refractivity contribution is 5.81. The summed E-state index contributed by atoms with van der Waals surface area (Å²) in [6.07, 6.45) is 3.01. The molecule has 0 spiro atoms. The number of allylic oxidation sites excluding steroid dienone is 2. The first-order valence-electron chi connectivity index (χ1n) is 7.69. The van der Waals surface area contributed by atoms with Crippen molar-refractivity contribution in [2.45, 2.75) is 51.6 Å². The second-order valence-electron chi connectivity index (χ2n) is 7.22. The van der Waals surface area contributed by atoms with E-state index in [4.69, 9.17) is 9.84 Å². The maximum atomic E-state index is 13.8. The molecular weight excluding hydrogens is 294 g/mol. The van der Waals surface area contributed by atoms with E-state index >= 15 is 0 Å². The molecule has 0 aromatic rings. The summed E-state index contributed by atoms with van der Waals surface area (Å²) in [5.74, 6) is -6.99. The van der Waals surface area contributed by atoms with Gasteiger partial charge in [0, 0.05) is 0 Å². The van der Waals surface area contributed by atoms with Crippen molar-refractivity contribution in [1.82, 2.24) is 0 Å². The second-order valence-corrected chi connectivity index (χ2v) is 7.22. The average molecular weight is 314 g/mol. The van der Waals surface area contributed by atoms with Crippen molar-refractivity contribution in [3.05, 3.63) is 11.6 Å². The Morgan fingerprint density at radius 2 is 1.95 bits per heavy atom. The van der Waals surface area contributed by atoms with Gasteiger partial charge in [-0.05, 0) is 43.4 Å². The minimum atomic E-state index is -4.08. The van der Waals surface area contributed by atoms with Crippen LogP contribution in [-0.2, 0) is 14.3 Å². The molecule has 0 amide bonds. The van der Waals surface area contributed by atoms with Gasteiger partial charge in [0.1, 0.15) is 0 Å². The third-order valence-electron chi connectivity index (χ3n) is 5.43. The standard InChI is InChI=1S/C16H20F2O4/c1-8(2)12(16(17,18)13(19)20)22-14(21)15-4-3-11-9(6-15)5-10(11)7-15/h3,8-10,12H,4-7H2,1-2H3,(H,19,20). The summed E-state index contributed by atoms with van der Waals surface area (Å²) in [5, 5.41) is 8.71. The molecule has 5 rings (SSSR count). The average Bonchev–Trinajstić information content (AvgIpc) is 2.43. The Bertz CT molecular complexity index is 538.